The van der Waals surface area contributed by atoms with Crippen molar-refractivity contribution in [3.05, 3.63) is 89.5 Å². The van der Waals surface area contributed by atoms with Gasteiger partial charge in [0.15, 0.2) is 11.6 Å². The molecule has 6 nitrogen and oxygen atoms in total. The minimum Gasteiger partial charge on any atom is -0.491 e. The summed E-state index contributed by atoms with van der Waals surface area (Å²) in [5.41, 5.74) is 2.12. The first kappa shape index (κ1) is 24.0. The molecule has 2 heterocycles. The van der Waals surface area contributed by atoms with Gasteiger partial charge in [-0.3, -0.25) is 9.78 Å². The first-order chi connectivity index (χ1) is 15.8. The van der Waals surface area contributed by atoms with E-state index in [1.807, 2.05) is 12.1 Å². The number of nitrogens with zero attached hydrogens (tertiary/aromatic N) is 1. The van der Waals surface area contributed by atoms with Crippen LogP contribution < -0.4 is 14.8 Å². The van der Waals surface area contributed by atoms with Crippen molar-refractivity contribution in [1.29, 1.82) is 0 Å². The number of ether oxygens (including phenoxy) is 2. The molecule has 0 spiro atoms. The summed E-state index contributed by atoms with van der Waals surface area (Å²) in [7, 11) is 0. The average Bonchev–Trinajstić information content (AvgIpc) is 2.80. The lowest BCUT2D eigenvalue weighted by atomic mass is 10.1. The fourth-order valence-corrected chi connectivity index (χ4v) is 3.01. The summed E-state index contributed by atoms with van der Waals surface area (Å²) in [5, 5.41) is 12.0. The summed E-state index contributed by atoms with van der Waals surface area (Å²) in [6, 6.07) is 14.8. The molecule has 3 aromatic rings. The molecule has 1 aliphatic rings. The molecule has 1 amide bonds. The number of hydrogen-bond acceptors (Lipinski definition) is 5. The number of aliphatic hydroxyl groups excluding tert-OH is 1. The molecule has 1 unspecified atom stereocenters. The monoisotopic (exact) mass is 464 g/mol. The summed E-state index contributed by atoms with van der Waals surface area (Å²) >= 11 is 0. The molecule has 0 aliphatic carbocycles. The van der Waals surface area contributed by atoms with E-state index in [2.05, 4.69) is 15.0 Å². The van der Waals surface area contributed by atoms with E-state index >= 15 is 0 Å². The lowest BCUT2D eigenvalue weighted by molar-refractivity contribution is -0.275. The fourth-order valence-electron chi connectivity index (χ4n) is 3.01. The third-order valence-corrected chi connectivity index (χ3v) is 4.56. The second-order valence-corrected chi connectivity index (χ2v) is 6.88. The Labute approximate surface area is 186 Å². The van der Waals surface area contributed by atoms with Gasteiger partial charge in [-0.05, 0) is 42.0 Å². The van der Waals surface area contributed by atoms with Gasteiger partial charge >= 0.3 is 6.36 Å². The summed E-state index contributed by atoms with van der Waals surface area (Å²) in [4.78, 5) is 16.6. The Balaban J connectivity index is 0.000000218. The molecule has 1 aliphatic heterocycles. The smallest absolute Gasteiger partial charge is 0.491 e. The zero-order valence-corrected chi connectivity index (χ0v) is 17.2. The summed E-state index contributed by atoms with van der Waals surface area (Å²) in [5.74, 6) is -1.27. The number of hydrogen-bond donors (Lipinski definition) is 2. The van der Waals surface area contributed by atoms with Gasteiger partial charge in [0.2, 0.25) is 0 Å². The number of amides is 1. The van der Waals surface area contributed by atoms with E-state index in [0.717, 1.165) is 29.1 Å². The van der Waals surface area contributed by atoms with Gasteiger partial charge in [0.05, 0.1) is 19.3 Å². The van der Waals surface area contributed by atoms with Crippen molar-refractivity contribution < 1.29 is 36.9 Å². The van der Waals surface area contributed by atoms with Gasteiger partial charge in [-0.15, -0.1) is 13.2 Å². The molecule has 0 radical (unpaired) electrons. The predicted octanol–water partition coefficient (Wildman–Crippen LogP) is 4.55. The number of rotatable bonds is 4. The maximum absolute atomic E-state index is 12.5. The molecule has 0 fully saturated rings. The molecule has 0 bridgehead atoms. The van der Waals surface area contributed by atoms with E-state index in [-0.39, 0.29) is 18.6 Å². The number of fused-ring (bicyclic) bond motifs is 1. The highest BCUT2D eigenvalue weighted by molar-refractivity contribution is 5.94. The third kappa shape index (κ3) is 6.91. The van der Waals surface area contributed by atoms with E-state index in [9.17, 15) is 22.4 Å². The second-order valence-electron chi connectivity index (χ2n) is 6.88. The van der Waals surface area contributed by atoms with Crippen molar-refractivity contribution in [3.63, 3.8) is 0 Å². The maximum Gasteiger partial charge on any atom is 0.573 e. The van der Waals surface area contributed by atoms with Crippen LogP contribution >= 0.6 is 0 Å². The molecule has 174 valence electrons. The molecule has 33 heavy (non-hydrogen) atoms. The molecule has 0 saturated heterocycles. The molecule has 0 saturated carbocycles. The topological polar surface area (TPSA) is 80.7 Å². The second kappa shape index (κ2) is 10.8. The largest absolute Gasteiger partial charge is 0.573 e. The Kier molecular flexibility index (Phi) is 7.83. The summed E-state index contributed by atoms with van der Waals surface area (Å²) in [6.45, 7) is 0.534. The van der Waals surface area contributed by atoms with E-state index in [0.29, 0.717) is 18.6 Å². The lowest BCUT2D eigenvalue weighted by Gasteiger charge is -2.25. The first-order valence-corrected chi connectivity index (χ1v) is 9.85. The van der Waals surface area contributed by atoms with Crippen LogP contribution in [0.1, 0.15) is 34.1 Å². The van der Waals surface area contributed by atoms with Crippen LogP contribution in [-0.2, 0) is 6.61 Å². The van der Waals surface area contributed by atoms with E-state index in [4.69, 9.17) is 9.84 Å². The standard InChI is InChI=1S/C16H16N2O3.C7H4F4O/c19-10-11-3-5-12(6-4-11)16(20)18-13-7-9-21-14-2-1-8-17-15(13)14;8-5-3-1-2-4-6(5)12-7(9,10)11/h1-6,8,13,19H,7,9-10H2,(H,18,20);1-4H. The highest BCUT2D eigenvalue weighted by Crippen LogP contribution is 2.29. The van der Waals surface area contributed by atoms with Crippen molar-refractivity contribution >= 4 is 5.91 Å². The molecule has 2 N–H and O–H groups in total. The lowest BCUT2D eigenvalue weighted by Crippen LogP contribution is -2.32. The molecule has 1 aromatic heterocycles. The molecular formula is C23H20F4N2O4. The number of para-hydroxylation sites is 1. The molecule has 2 aromatic carbocycles. The van der Waals surface area contributed by atoms with Gasteiger partial charge in [0.25, 0.3) is 5.91 Å². The van der Waals surface area contributed by atoms with Crippen LogP contribution in [0, 0.1) is 5.82 Å². The van der Waals surface area contributed by atoms with Crippen molar-refractivity contribution in [2.24, 2.45) is 0 Å². The van der Waals surface area contributed by atoms with Crippen molar-refractivity contribution in [1.82, 2.24) is 10.3 Å². The predicted molar refractivity (Wildman–Crippen MR) is 110 cm³/mol. The summed E-state index contributed by atoms with van der Waals surface area (Å²) < 4.78 is 56.0. The fraction of sp³-hybridized carbons (Fsp3) is 0.217. The SMILES string of the molecule is Fc1ccccc1OC(F)(F)F.O=C(NC1CCOc2cccnc21)c1ccc(CO)cc1. The van der Waals surface area contributed by atoms with Crippen LogP contribution in [0.2, 0.25) is 0 Å². The van der Waals surface area contributed by atoms with Gasteiger partial charge < -0.3 is 19.9 Å². The van der Waals surface area contributed by atoms with E-state index in [1.54, 1.807) is 30.5 Å². The first-order valence-electron chi connectivity index (χ1n) is 9.85. The molecule has 10 heteroatoms. The van der Waals surface area contributed by atoms with Crippen molar-refractivity contribution in [3.8, 4) is 11.5 Å². The number of halogens is 4. The summed E-state index contributed by atoms with van der Waals surface area (Å²) in [6.07, 6.45) is -2.45. The molecule has 4 rings (SSSR count). The Morgan fingerprint density at radius 1 is 1.12 bits per heavy atom. The highest BCUT2D eigenvalue weighted by atomic mass is 19.4. The zero-order valence-electron chi connectivity index (χ0n) is 17.2. The zero-order chi connectivity index (χ0) is 23.8. The van der Waals surface area contributed by atoms with Crippen molar-refractivity contribution in [2.45, 2.75) is 25.4 Å². The van der Waals surface area contributed by atoms with Crippen LogP contribution in [0.25, 0.3) is 0 Å². The van der Waals surface area contributed by atoms with Crippen LogP contribution in [0.3, 0.4) is 0 Å². The number of aromatic nitrogens is 1. The quantitative estimate of drug-likeness (QED) is 0.554. The minimum absolute atomic E-state index is 0.0286. The Hall–Kier alpha value is -3.66. The normalized spacial score (nSPS) is 14.8. The van der Waals surface area contributed by atoms with Gasteiger partial charge in [0, 0.05) is 18.2 Å². The van der Waals surface area contributed by atoms with Crippen LogP contribution in [0.15, 0.2) is 66.9 Å². The number of benzene rings is 2. The van der Waals surface area contributed by atoms with Gasteiger partial charge in [-0.2, -0.15) is 0 Å². The Bertz CT molecular complexity index is 1070. The number of alkyl halides is 3. The van der Waals surface area contributed by atoms with Crippen LogP contribution in [0.5, 0.6) is 11.5 Å². The number of carbonyl (C=O) groups is 1. The number of carbonyl (C=O) groups excluding carboxylic acids is 1. The molecular weight excluding hydrogens is 444 g/mol. The van der Waals surface area contributed by atoms with Crippen LogP contribution in [-0.4, -0.2) is 29.0 Å². The van der Waals surface area contributed by atoms with E-state index in [1.165, 1.54) is 12.1 Å². The van der Waals surface area contributed by atoms with Crippen LogP contribution in [0.4, 0.5) is 17.6 Å². The average molecular weight is 464 g/mol. The molecule has 1 atom stereocenters. The van der Waals surface area contributed by atoms with E-state index < -0.39 is 17.9 Å². The Morgan fingerprint density at radius 2 is 1.85 bits per heavy atom. The third-order valence-electron chi connectivity index (χ3n) is 4.56. The number of aliphatic hydroxyl groups is 1. The Morgan fingerprint density at radius 3 is 2.52 bits per heavy atom. The van der Waals surface area contributed by atoms with Gasteiger partial charge in [0.1, 0.15) is 11.4 Å². The van der Waals surface area contributed by atoms with Gasteiger partial charge in [-0.1, -0.05) is 24.3 Å². The maximum atomic E-state index is 12.5. The number of nitrogens with one attached hydrogen (secondary N) is 1. The van der Waals surface area contributed by atoms with Gasteiger partial charge in [-0.25, -0.2) is 4.39 Å². The minimum atomic E-state index is -4.85. The van der Waals surface area contributed by atoms with Crippen molar-refractivity contribution in [2.75, 3.05) is 6.61 Å². The highest BCUT2D eigenvalue weighted by Gasteiger charge is 2.32. The number of pyridine rings is 1.